The van der Waals surface area contributed by atoms with Crippen LogP contribution in [0.1, 0.15) is 28.6 Å². The van der Waals surface area contributed by atoms with Crippen LogP contribution in [0.15, 0.2) is 40.6 Å². The van der Waals surface area contributed by atoms with Gasteiger partial charge in [-0.05, 0) is 30.3 Å². The van der Waals surface area contributed by atoms with Crippen LogP contribution in [0.2, 0.25) is 0 Å². The van der Waals surface area contributed by atoms with Crippen LogP contribution in [0.3, 0.4) is 0 Å². The molecule has 22 heavy (non-hydrogen) atoms. The highest BCUT2D eigenvalue weighted by Gasteiger charge is 2.16. The number of carbonyl (C=O) groups is 2. The zero-order chi connectivity index (χ0) is 16.3. The minimum Gasteiger partial charge on any atom is -0.427 e. The Morgan fingerprint density at radius 1 is 1.23 bits per heavy atom. The number of ketones is 1. The third-order valence-electron chi connectivity index (χ3n) is 2.76. The number of primary sulfonamides is 1. The van der Waals surface area contributed by atoms with E-state index in [0.717, 1.165) is 11.3 Å². The van der Waals surface area contributed by atoms with Gasteiger partial charge in [0.2, 0.25) is 15.8 Å². The van der Waals surface area contributed by atoms with Crippen LogP contribution in [0.25, 0.3) is 0 Å². The Hall–Kier alpha value is -2.03. The van der Waals surface area contributed by atoms with Gasteiger partial charge in [-0.3, -0.25) is 9.59 Å². The maximum atomic E-state index is 12.2. The van der Waals surface area contributed by atoms with Gasteiger partial charge in [0.05, 0.1) is 9.77 Å². The van der Waals surface area contributed by atoms with E-state index in [9.17, 15) is 18.0 Å². The van der Waals surface area contributed by atoms with Gasteiger partial charge in [0.1, 0.15) is 5.75 Å². The highest BCUT2D eigenvalue weighted by Crippen LogP contribution is 2.22. The van der Waals surface area contributed by atoms with Crippen molar-refractivity contribution in [2.45, 2.75) is 18.2 Å². The summed E-state index contributed by atoms with van der Waals surface area (Å²) in [6.07, 6.45) is 0.256. The highest BCUT2D eigenvalue weighted by molar-refractivity contribution is 7.89. The first-order valence-corrected chi connectivity index (χ1v) is 8.70. The van der Waals surface area contributed by atoms with Crippen molar-refractivity contribution in [2.75, 3.05) is 0 Å². The van der Waals surface area contributed by atoms with Crippen molar-refractivity contribution in [2.24, 2.45) is 5.14 Å². The minimum absolute atomic E-state index is 0.0886. The summed E-state index contributed by atoms with van der Waals surface area (Å²) in [5.41, 5.74) is 0.360. The van der Waals surface area contributed by atoms with Gasteiger partial charge in [-0.25, -0.2) is 13.6 Å². The lowest BCUT2D eigenvalue weighted by Gasteiger charge is -2.03. The predicted molar refractivity (Wildman–Crippen MR) is 81.5 cm³/mol. The number of carbonyl (C=O) groups excluding carboxylic acids is 2. The highest BCUT2D eigenvalue weighted by atomic mass is 32.2. The van der Waals surface area contributed by atoms with Crippen molar-refractivity contribution in [1.82, 2.24) is 0 Å². The summed E-state index contributed by atoms with van der Waals surface area (Å²) in [6.45, 7) is 1.68. The standard InChI is InChI=1S/C14H13NO5S2/c1-2-13(16)20-10-5-3-9(4-6-10)14(17)12-7-11(8-21-12)22(15,18)19/h3-8H,2H2,1H3,(H2,15,18,19). The fraction of sp³-hybridized carbons (Fsp3) is 0.143. The third-order valence-corrected chi connectivity index (χ3v) is 4.74. The van der Waals surface area contributed by atoms with E-state index in [1.807, 2.05) is 0 Å². The number of ether oxygens (including phenoxy) is 1. The van der Waals surface area contributed by atoms with Gasteiger partial charge >= 0.3 is 5.97 Å². The molecule has 6 nitrogen and oxygen atoms in total. The molecule has 0 amide bonds. The van der Waals surface area contributed by atoms with E-state index in [4.69, 9.17) is 9.88 Å². The Bertz CT molecular complexity index is 806. The topological polar surface area (TPSA) is 104 Å². The molecule has 1 aromatic heterocycles. The second kappa shape index (κ2) is 6.39. The maximum absolute atomic E-state index is 12.2. The van der Waals surface area contributed by atoms with Gasteiger partial charge in [-0.2, -0.15) is 0 Å². The Labute approximate surface area is 131 Å². The van der Waals surface area contributed by atoms with Crippen molar-refractivity contribution in [3.63, 3.8) is 0 Å². The lowest BCUT2D eigenvalue weighted by Crippen LogP contribution is -2.11. The molecular weight excluding hydrogens is 326 g/mol. The van der Waals surface area contributed by atoms with Crippen LogP contribution in [-0.2, 0) is 14.8 Å². The number of thiophene rings is 1. The average Bonchev–Trinajstić information content (AvgIpc) is 2.97. The number of nitrogens with two attached hydrogens (primary N) is 1. The van der Waals surface area contributed by atoms with E-state index in [2.05, 4.69) is 0 Å². The maximum Gasteiger partial charge on any atom is 0.310 e. The molecule has 116 valence electrons. The fourth-order valence-electron chi connectivity index (χ4n) is 1.61. The Morgan fingerprint density at radius 3 is 2.36 bits per heavy atom. The largest absolute Gasteiger partial charge is 0.427 e. The number of rotatable bonds is 5. The summed E-state index contributed by atoms with van der Waals surface area (Å²) in [4.78, 5) is 23.6. The number of hydrogen-bond acceptors (Lipinski definition) is 6. The molecule has 2 aromatic rings. The molecule has 0 radical (unpaired) electrons. The quantitative estimate of drug-likeness (QED) is 0.509. The summed E-state index contributed by atoms with van der Waals surface area (Å²) >= 11 is 1.00. The number of esters is 1. The van der Waals surface area contributed by atoms with Crippen LogP contribution < -0.4 is 9.88 Å². The molecule has 1 aromatic carbocycles. The molecule has 0 aliphatic carbocycles. The van der Waals surface area contributed by atoms with E-state index >= 15 is 0 Å². The molecule has 1 heterocycles. The average molecular weight is 339 g/mol. The molecule has 0 fully saturated rings. The zero-order valence-corrected chi connectivity index (χ0v) is 13.2. The molecule has 0 saturated heterocycles. The molecule has 0 unspecified atom stereocenters. The van der Waals surface area contributed by atoms with E-state index in [1.165, 1.54) is 35.7 Å². The summed E-state index contributed by atoms with van der Waals surface area (Å²) in [6, 6.07) is 7.28. The zero-order valence-electron chi connectivity index (χ0n) is 11.6. The molecule has 0 aliphatic rings. The van der Waals surface area contributed by atoms with E-state index in [1.54, 1.807) is 6.92 Å². The molecule has 0 aliphatic heterocycles. The Balaban J connectivity index is 2.19. The van der Waals surface area contributed by atoms with Gasteiger partial charge in [0.15, 0.2) is 0 Å². The van der Waals surface area contributed by atoms with Crippen LogP contribution in [-0.4, -0.2) is 20.2 Å². The molecule has 0 spiro atoms. The first-order chi connectivity index (χ1) is 10.3. The summed E-state index contributed by atoms with van der Waals surface area (Å²) in [7, 11) is -3.82. The normalized spacial score (nSPS) is 11.2. The van der Waals surface area contributed by atoms with Crippen LogP contribution >= 0.6 is 11.3 Å². The molecular formula is C14H13NO5S2. The van der Waals surface area contributed by atoms with Crippen molar-refractivity contribution in [1.29, 1.82) is 0 Å². The van der Waals surface area contributed by atoms with Crippen molar-refractivity contribution in [3.8, 4) is 5.75 Å². The smallest absolute Gasteiger partial charge is 0.310 e. The molecule has 8 heteroatoms. The van der Waals surface area contributed by atoms with Crippen LogP contribution in [0.5, 0.6) is 5.75 Å². The number of hydrogen-bond donors (Lipinski definition) is 1. The number of sulfonamides is 1. The summed E-state index contributed by atoms with van der Waals surface area (Å²) in [5, 5.41) is 6.33. The lowest BCUT2D eigenvalue weighted by molar-refractivity contribution is -0.134. The second-order valence-corrected chi connectivity index (χ2v) is 6.85. The minimum atomic E-state index is -3.82. The molecule has 0 saturated carbocycles. The predicted octanol–water partition coefficient (Wildman–Crippen LogP) is 1.94. The molecule has 2 rings (SSSR count). The Kier molecular flexibility index (Phi) is 4.74. The lowest BCUT2D eigenvalue weighted by atomic mass is 10.1. The first kappa shape index (κ1) is 16.3. The SMILES string of the molecule is CCC(=O)Oc1ccc(C(=O)c2cc(S(N)(=O)=O)cs2)cc1. The molecule has 0 atom stereocenters. The molecule has 0 bridgehead atoms. The van der Waals surface area contributed by atoms with Gasteiger partial charge in [0, 0.05) is 17.4 Å². The first-order valence-electron chi connectivity index (χ1n) is 6.28. The van der Waals surface area contributed by atoms with Crippen LogP contribution in [0.4, 0.5) is 0 Å². The van der Waals surface area contributed by atoms with Crippen molar-refractivity contribution >= 4 is 33.1 Å². The summed E-state index contributed by atoms with van der Waals surface area (Å²) in [5.74, 6) is -0.344. The van der Waals surface area contributed by atoms with Gasteiger partial charge in [-0.15, -0.1) is 11.3 Å². The van der Waals surface area contributed by atoms with Crippen molar-refractivity contribution < 1.29 is 22.7 Å². The monoisotopic (exact) mass is 339 g/mol. The number of benzene rings is 1. The van der Waals surface area contributed by atoms with Gasteiger partial charge in [-0.1, -0.05) is 6.92 Å². The fourth-order valence-corrected chi connectivity index (χ4v) is 3.38. The Morgan fingerprint density at radius 2 is 1.86 bits per heavy atom. The van der Waals surface area contributed by atoms with Gasteiger partial charge in [0.25, 0.3) is 0 Å². The van der Waals surface area contributed by atoms with E-state index in [0.29, 0.717) is 11.3 Å². The second-order valence-electron chi connectivity index (χ2n) is 4.37. The van der Waals surface area contributed by atoms with E-state index < -0.39 is 10.0 Å². The van der Waals surface area contributed by atoms with E-state index in [-0.39, 0.29) is 27.9 Å². The van der Waals surface area contributed by atoms with Gasteiger partial charge < -0.3 is 4.74 Å². The molecule has 2 N–H and O–H groups in total. The summed E-state index contributed by atoms with van der Waals surface area (Å²) < 4.78 is 27.4. The van der Waals surface area contributed by atoms with Crippen LogP contribution in [0, 0.1) is 0 Å². The third kappa shape index (κ3) is 3.79. The van der Waals surface area contributed by atoms with Crippen molar-refractivity contribution in [3.05, 3.63) is 46.2 Å².